The number of nitrogens with one attached hydrogen (secondary N) is 1. The average Bonchev–Trinajstić information content (AvgIpc) is 3.23. The number of hydrogen-bond donors (Lipinski definition) is 1. The van der Waals surface area contributed by atoms with Crippen molar-refractivity contribution < 1.29 is 19.1 Å². The van der Waals surface area contributed by atoms with Crippen LogP contribution in [0.3, 0.4) is 0 Å². The van der Waals surface area contributed by atoms with Crippen LogP contribution >= 0.6 is 23.2 Å². The summed E-state index contributed by atoms with van der Waals surface area (Å²) in [6, 6.07) is 12.4. The summed E-state index contributed by atoms with van der Waals surface area (Å²) in [4.78, 5) is 38.5. The van der Waals surface area contributed by atoms with Crippen molar-refractivity contribution in [2.24, 2.45) is 0 Å². The number of hydrogen-bond acceptors (Lipinski definition) is 7. The number of esters is 1. The van der Waals surface area contributed by atoms with E-state index in [-0.39, 0.29) is 26.0 Å². The molecule has 0 aliphatic rings. The van der Waals surface area contributed by atoms with E-state index in [1.165, 1.54) is 0 Å². The first kappa shape index (κ1) is 24.3. The van der Waals surface area contributed by atoms with Gasteiger partial charge in [0.15, 0.2) is 11.6 Å². The average molecular weight is 490 g/mol. The smallest absolute Gasteiger partial charge is 0.308 e. The summed E-state index contributed by atoms with van der Waals surface area (Å²) in [5.41, 5.74) is 0.999. The van der Waals surface area contributed by atoms with Crippen LogP contribution in [-0.2, 0) is 27.3 Å². The van der Waals surface area contributed by atoms with Gasteiger partial charge in [0.2, 0.25) is 0 Å². The quantitative estimate of drug-likeness (QED) is 0.435. The number of ether oxygens (including phenoxy) is 1. The molecule has 172 valence electrons. The van der Waals surface area contributed by atoms with Gasteiger partial charge >= 0.3 is 5.97 Å². The first-order valence-corrected chi connectivity index (χ1v) is 10.9. The number of carbonyl (C=O) groups excluding carboxylic acids is 3. The largest absolute Gasteiger partial charge is 0.466 e. The fraction of sp³-hybridized carbons (Fsp3) is 0.273. The normalized spacial score (nSPS) is 11.6. The topological polar surface area (TPSA) is 116 Å². The van der Waals surface area contributed by atoms with Crippen LogP contribution in [0.15, 0.2) is 48.5 Å². The van der Waals surface area contributed by atoms with Gasteiger partial charge in [-0.2, -0.15) is 4.80 Å². The molecule has 0 saturated carbocycles. The van der Waals surface area contributed by atoms with Crippen LogP contribution in [0.1, 0.15) is 35.1 Å². The maximum absolute atomic E-state index is 12.9. The number of Topliss-reactive ketones (excluding diaryl/α,β-unsaturated/α-hetero) is 1. The Hall–Kier alpha value is -3.30. The number of nitrogens with zero attached hydrogens (tertiary/aromatic N) is 4. The number of rotatable bonds is 10. The van der Waals surface area contributed by atoms with E-state index in [4.69, 9.17) is 27.9 Å². The lowest BCUT2D eigenvalue weighted by Crippen LogP contribution is -2.44. The van der Waals surface area contributed by atoms with Crippen LogP contribution in [-0.4, -0.2) is 50.5 Å². The standard InChI is InChI=1S/C22H21Cl2N5O4/c1-2-33-21(31)12-18(25-22(32)14-7-4-3-5-8-14)19(30)13-29-27-20(26-28-29)11-15-16(23)9-6-10-17(15)24/h3-10,18H,2,11-13H2,1H3,(H,25,32). The molecule has 33 heavy (non-hydrogen) atoms. The Labute approximate surface area is 200 Å². The second-order valence-electron chi connectivity index (χ2n) is 6.98. The van der Waals surface area contributed by atoms with Crippen LogP contribution in [0.5, 0.6) is 0 Å². The van der Waals surface area contributed by atoms with Crippen molar-refractivity contribution >= 4 is 40.9 Å². The highest BCUT2D eigenvalue weighted by Gasteiger charge is 2.26. The summed E-state index contributed by atoms with van der Waals surface area (Å²) in [6.07, 6.45) is -0.0915. The minimum absolute atomic E-state index is 0.158. The van der Waals surface area contributed by atoms with Gasteiger partial charge < -0.3 is 10.1 Å². The van der Waals surface area contributed by atoms with Crippen LogP contribution in [0, 0.1) is 0 Å². The predicted molar refractivity (Wildman–Crippen MR) is 121 cm³/mol. The molecule has 0 bridgehead atoms. The van der Waals surface area contributed by atoms with Crippen molar-refractivity contribution in [2.45, 2.75) is 32.4 Å². The SMILES string of the molecule is CCOC(=O)CC(NC(=O)c1ccccc1)C(=O)Cn1nnc(Cc2c(Cl)cccc2Cl)n1. The second kappa shape index (κ2) is 11.5. The van der Waals surface area contributed by atoms with E-state index in [1.54, 1.807) is 55.5 Å². The molecule has 0 spiro atoms. The number of tetrazole rings is 1. The molecule has 1 unspecified atom stereocenters. The maximum atomic E-state index is 12.9. The second-order valence-corrected chi connectivity index (χ2v) is 7.79. The Balaban J connectivity index is 1.71. The van der Waals surface area contributed by atoms with E-state index in [0.29, 0.717) is 27.0 Å². The van der Waals surface area contributed by atoms with Crippen molar-refractivity contribution in [1.29, 1.82) is 0 Å². The molecular weight excluding hydrogens is 469 g/mol. The van der Waals surface area contributed by atoms with Crippen LogP contribution in [0.25, 0.3) is 0 Å². The molecule has 9 nitrogen and oxygen atoms in total. The van der Waals surface area contributed by atoms with E-state index in [9.17, 15) is 14.4 Å². The third-order valence-corrected chi connectivity index (χ3v) is 5.30. The van der Waals surface area contributed by atoms with E-state index in [0.717, 1.165) is 4.80 Å². The summed E-state index contributed by atoms with van der Waals surface area (Å²) < 4.78 is 4.94. The first-order chi connectivity index (χ1) is 15.9. The van der Waals surface area contributed by atoms with Gasteiger partial charge in [0, 0.05) is 22.0 Å². The Morgan fingerprint density at radius 2 is 1.76 bits per heavy atom. The van der Waals surface area contributed by atoms with Crippen molar-refractivity contribution in [1.82, 2.24) is 25.5 Å². The van der Waals surface area contributed by atoms with Gasteiger partial charge in [-0.05, 0) is 42.0 Å². The number of carbonyl (C=O) groups is 3. The summed E-state index contributed by atoms with van der Waals surface area (Å²) in [5, 5.41) is 15.5. The van der Waals surface area contributed by atoms with Crippen molar-refractivity contribution in [3.05, 3.63) is 75.5 Å². The lowest BCUT2D eigenvalue weighted by atomic mass is 10.1. The fourth-order valence-electron chi connectivity index (χ4n) is 2.99. The van der Waals surface area contributed by atoms with Gasteiger partial charge in [0.05, 0.1) is 13.0 Å². The molecular formula is C22H21Cl2N5O4. The number of benzene rings is 2. The molecule has 1 N–H and O–H groups in total. The van der Waals surface area contributed by atoms with Gasteiger partial charge in [-0.1, -0.05) is 47.5 Å². The molecule has 3 aromatic rings. The molecule has 0 aliphatic heterocycles. The zero-order valence-electron chi connectivity index (χ0n) is 17.7. The predicted octanol–water partition coefficient (Wildman–Crippen LogP) is 2.89. The van der Waals surface area contributed by atoms with Gasteiger partial charge in [0.1, 0.15) is 12.6 Å². The van der Waals surface area contributed by atoms with E-state index >= 15 is 0 Å². The number of ketones is 1. The van der Waals surface area contributed by atoms with Crippen molar-refractivity contribution in [3.63, 3.8) is 0 Å². The van der Waals surface area contributed by atoms with Crippen LogP contribution in [0.4, 0.5) is 0 Å². The Bertz CT molecular complexity index is 1120. The fourth-order valence-corrected chi connectivity index (χ4v) is 3.52. The van der Waals surface area contributed by atoms with Gasteiger partial charge in [-0.3, -0.25) is 14.4 Å². The highest BCUT2D eigenvalue weighted by atomic mass is 35.5. The molecule has 1 heterocycles. The third-order valence-electron chi connectivity index (χ3n) is 4.59. The molecule has 0 radical (unpaired) electrons. The Morgan fingerprint density at radius 1 is 1.06 bits per heavy atom. The minimum atomic E-state index is -1.12. The van der Waals surface area contributed by atoms with Gasteiger partial charge in [-0.15, -0.1) is 10.2 Å². The monoisotopic (exact) mass is 489 g/mol. The van der Waals surface area contributed by atoms with Crippen molar-refractivity contribution in [3.8, 4) is 0 Å². The molecule has 3 rings (SSSR count). The zero-order valence-corrected chi connectivity index (χ0v) is 19.2. The van der Waals surface area contributed by atoms with Crippen LogP contribution < -0.4 is 5.32 Å². The highest BCUT2D eigenvalue weighted by molar-refractivity contribution is 6.36. The van der Waals surface area contributed by atoms with E-state index < -0.39 is 23.7 Å². The molecule has 1 amide bonds. The number of aromatic nitrogens is 4. The summed E-state index contributed by atoms with van der Waals surface area (Å²) in [7, 11) is 0. The summed E-state index contributed by atoms with van der Waals surface area (Å²) >= 11 is 12.4. The summed E-state index contributed by atoms with van der Waals surface area (Å²) in [6.45, 7) is 1.51. The molecule has 0 aliphatic carbocycles. The Morgan fingerprint density at radius 3 is 2.42 bits per heavy atom. The van der Waals surface area contributed by atoms with E-state index in [1.807, 2.05) is 0 Å². The molecule has 2 aromatic carbocycles. The lowest BCUT2D eigenvalue weighted by molar-refractivity contribution is -0.145. The maximum Gasteiger partial charge on any atom is 0.308 e. The molecule has 0 fully saturated rings. The van der Waals surface area contributed by atoms with Crippen molar-refractivity contribution in [2.75, 3.05) is 6.61 Å². The minimum Gasteiger partial charge on any atom is -0.466 e. The Kier molecular flexibility index (Phi) is 8.51. The number of halogens is 2. The van der Waals surface area contributed by atoms with Crippen LogP contribution in [0.2, 0.25) is 10.0 Å². The number of amides is 1. The zero-order chi connectivity index (χ0) is 23.8. The van der Waals surface area contributed by atoms with E-state index in [2.05, 4.69) is 20.7 Å². The molecule has 1 atom stereocenters. The summed E-state index contributed by atoms with van der Waals surface area (Å²) in [5.74, 6) is -1.26. The molecule has 0 saturated heterocycles. The van der Waals surface area contributed by atoms with Gasteiger partial charge in [0.25, 0.3) is 5.91 Å². The highest BCUT2D eigenvalue weighted by Crippen LogP contribution is 2.25. The van der Waals surface area contributed by atoms with Gasteiger partial charge in [-0.25, -0.2) is 0 Å². The molecule has 1 aromatic heterocycles. The molecule has 11 heteroatoms. The lowest BCUT2D eigenvalue weighted by Gasteiger charge is -2.16. The first-order valence-electron chi connectivity index (χ1n) is 10.1. The third kappa shape index (κ3) is 6.84.